The van der Waals surface area contributed by atoms with Gasteiger partial charge >= 0.3 is 0 Å². The Labute approximate surface area is 94.8 Å². The topological polar surface area (TPSA) is 45.1 Å². The van der Waals surface area contributed by atoms with E-state index in [0.29, 0.717) is 12.3 Å². The number of benzene rings is 1. The maximum atomic E-state index is 9.56. The zero-order valence-electron chi connectivity index (χ0n) is 8.93. The van der Waals surface area contributed by atoms with Gasteiger partial charge in [-0.05, 0) is 17.7 Å². The SMILES string of the molecule is Oc1ccccc1CNCc1cccnc1. The summed E-state index contributed by atoms with van der Waals surface area (Å²) in [7, 11) is 0. The number of nitrogens with one attached hydrogen (secondary N) is 1. The van der Waals surface area contributed by atoms with Crippen LogP contribution < -0.4 is 5.32 Å². The molecule has 3 heteroatoms. The van der Waals surface area contributed by atoms with Crippen molar-refractivity contribution in [1.29, 1.82) is 0 Å². The summed E-state index contributed by atoms with van der Waals surface area (Å²) in [4.78, 5) is 4.04. The summed E-state index contributed by atoms with van der Waals surface area (Å²) in [5, 5.41) is 12.8. The predicted molar refractivity (Wildman–Crippen MR) is 62.9 cm³/mol. The normalized spacial score (nSPS) is 10.2. The third-order valence-electron chi connectivity index (χ3n) is 2.36. The molecule has 0 saturated carbocycles. The van der Waals surface area contributed by atoms with E-state index in [1.807, 2.05) is 36.5 Å². The molecular formula is C13H14N2O. The van der Waals surface area contributed by atoms with Crippen LogP contribution in [0, 0.1) is 0 Å². The van der Waals surface area contributed by atoms with Crippen molar-refractivity contribution >= 4 is 0 Å². The molecule has 0 spiro atoms. The predicted octanol–water partition coefficient (Wildman–Crippen LogP) is 2.08. The van der Waals surface area contributed by atoms with Gasteiger partial charge in [0.1, 0.15) is 5.75 Å². The lowest BCUT2D eigenvalue weighted by Gasteiger charge is -2.06. The van der Waals surface area contributed by atoms with E-state index in [1.165, 1.54) is 0 Å². The summed E-state index contributed by atoms with van der Waals surface area (Å²) in [6, 6.07) is 11.3. The summed E-state index contributed by atoms with van der Waals surface area (Å²) < 4.78 is 0. The van der Waals surface area contributed by atoms with Crippen molar-refractivity contribution in [3.05, 3.63) is 59.9 Å². The van der Waals surface area contributed by atoms with Gasteiger partial charge in [0, 0.05) is 31.0 Å². The van der Waals surface area contributed by atoms with Gasteiger partial charge in [-0.15, -0.1) is 0 Å². The Kier molecular flexibility index (Phi) is 3.51. The summed E-state index contributed by atoms with van der Waals surface area (Å²) >= 11 is 0. The quantitative estimate of drug-likeness (QED) is 0.819. The molecule has 2 aromatic rings. The number of phenolic OH excluding ortho intramolecular Hbond substituents is 1. The van der Waals surface area contributed by atoms with E-state index in [4.69, 9.17) is 0 Å². The van der Waals surface area contributed by atoms with Gasteiger partial charge in [0.25, 0.3) is 0 Å². The smallest absolute Gasteiger partial charge is 0.120 e. The molecular weight excluding hydrogens is 200 g/mol. The number of aromatic nitrogens is 1. The van der Waals surface area contributed by atoms with E-state index < -0.39 is 0 Å². The van der Waals surface area contributed by atoms with Gasteiger partial charge in [-0.1, -0.05) is 24.3 Å². The molecule has 0 unspecified atom stereocenters. The summed E-state index contributed by atoms with van der Waals surface area (Å²) in [5.41, 5.74) is 2.05. The van der Waals surface area contributed by atoms with Gasteiger partial charge in [-0.25, -0.2) is 0 Å². The molecule has 0 saturated heterocycles. The van der Waals surface area contributed by atoms with Crippen molar-refractivity contribution < 1.29 is 5.11 Å². The van der Waals surface area contributed by atoms with E-state index in [-0.39, 0.29) is 0 Å². The number of para-hydroxylation sites is 1. The Morgan fingerprint density at radius 2 is 1.94 bits per heavy atom. The van der Waals surface area contributed by atoms with Crippen LogP contribution in [0.15, 0.2) is 48.8 Å². The van der Waals surface area contributed by atoms with Crippen molar-refractivity contribution in [2.24, 2.45) is 0 Å². The minimum Gasteiger partial charge on any atom is -0.508 e. The lowest BCUT2D eigenvalue weighted by atomic mass is 10.2. The first-order valence-electron chi connectivity index (χ1n) is 5.23. The molecule has 0 aliphatic carbocycles. The lowest BCUT2D eigenvalue weighted by molar-refractivity contribution is 0.464. The number of hydrogen-bond acceptors (Lipinski definition) is 3. The fourth-order valence-electron chi connectivity index (χ4n) is 1.50. The highest BCUT2D eigenvalue weighted by molar-refractivity contribution is 5.31. The Morgan fingerprint density at radius 3 is 2.69 bits per heavy atom. The molecule has 0 aliphatic heterocycles. The molecule has 0 bridgehead atoms. The third-order valence-corrected chi connectivity index (χ3v) is 2.36. The zero-order chi connectivity index (χ0) is 11.2. The highest BCUT2D eigenvalue weighted by Gasteiger charge is 1.98. The molecule has 2 rings (SSSR count). The molecule has 1 aromatic carbocycles. The number of rotatable bonds is 4. The summed E-state index contributed by atoms with van der Waals surface area (Å²) in [6.07, 6.45) is 3.59. The number of aromatic hydroxyl groups is 1. The molecule has 16 heavy (non-hydrogen) atoms. The highest BCUT2D eigenvalue weighted by Crippen LogP contribution is 2.14. The molecule has 0 atom stereocenters. The van der Waals surface area contributed by atoms with Gasteiger partial charge in [0.2, 0.25) is 0 Å². The average Bonchev–Trinajstić information content (AvgIpc) is 2.33. The van der Waals surface area contributed by atoms with Crippen LogP contribution in [0.3, 0.4) is 0 Å². The minimum atomic E-state index is 0.334. The summed E-state index contributed by atoms with van der Waals surface area (Å²) in [5.74, 6) is 0.334. The second-order valence-electron chi connectivity index (χ2n) is 3.59. The summed E-state index contributed by atoms with van der Waals surface area (Å²) in [6.45, 7) is 1.41. The molecule has 3 nitrogen and oxygen atoms in total. The molecule has 82 valence electrons. The van der Waals surface area contributed by atoms with Crippen LogP contribution in [0.25, 0.3) is 0 Å². The monoisotopic (exact) mass is 214 g/mol. The second-order valence-corrected chi connectivity index (χ2v) is 3.59. The van der Waals surface area contributed by atoms with Crippen molar-refractivity contribution in [2.75, 3.05) is 0 Å². The fourth-order valence-corrected chi connectivity index (χ4v) is 1.50. The minimum absolute atomic E-state index is 0.334. The van der Waals surface area contributed by atoms with E-state index in [2.05, 4.69) is 10.3 Å². The Hall–Kier alpha value is -1.87. The van der Waals surface area contributed by atoms with Crippen LogP contribution in [0.2, 0.25) is 0 Å². The van der Waals surface area contributed by atoms with Gasteiger partial charge in [-0.3, -0.25) is 4.98 Å². The van der Waals surface area contributed by atoms with Crippen LogP contribution in [-0.2, 0) is 13.1 Å². The number of hydrogen-bond donors (Lipinski definition) is 2. The highest BCUT2D eigenvalue weighted by atomic mass is 16.3. The van der Waals surface area contributed by atoms with E-state index in [1.54, 1.807) is 12.3 Å². The molecule has 0 aliphatic rings. The third kappa shape index (κ3) is 2.81. The van der Waals surface area contributed by atoms with E-state index in [0.717, 1.165) is 17.7 Å². The fraction of sp³-hybridized carbons (Fsp3) is 0.154. The van der Waals surface area contributed by atoms with Crippen LogP contribution in [0.4, 0.5) is 0 Å². The molecule has 1 heterocycles. The van der Waals surface area contributed by atoms with Crippen LogP contribution in [0.1, 0.15) is 11.1 Å². The van der Waals surface area contributed by atoms with Gasteiger partial charge < -0.3 is 10.4 Å². The van der Waals surface area contributed by atoms with Gasteiger partial charge in [0.15, 0.2) is 0 Å². The van der Waals surface area contributed by atoms with Crippen LogP contribution >= 0.6 is 0 Å². The van der Waals surface area contributed by atoms with Crippen LogP contribution in [-0.4, -0.2) is 10.1 Å². The zero-order valence-corrected chi connectivity index (χ0v) is 8.93. The Bertz CT molecular complexity index is 443. The number of pyridine rings is 1. The maximum absolute atomic E-state index is 9.56. The first-order chi connectivity index (χ1) is 7.86. The molecule has 2 N–H and O–H groups in total. The Morgan fingerprint density at radius 1 is 1.06 bits per heavy atom. The van der Waals surface area contributed by atoms with Crippen LogP contribution in [0.5, 0.6) is 5.75 Å². The number of phenols is 1. The largest absolute Gasteiger partial charge is 0.508 e. The van der Waals surface area contributed by atoms with Crippen molar-refractivity contribution in [3.8, 4) is 5.75 Å². The average molecular weight is 214 g/mol. The van der Waals surface area contributed by atoms with Gasteiger partial charge in [0.05, 0.1) is 0 Å². The molecule has 0 radical (unpaired) electrons. The Balaban J connectivity index is 1.87. The lowest BCUT2D eigenvalue weighted by Crippen LogP contribution is -2.12. The maximum Gasteiger partial charge on any atom is 0.120 e. The second kappa shape index (κ2) is 5.28. The van der Waals surface area contributed by atoms with Crippen molar-refractivity contribution in [2.45, 2.75) is 13.1 Å². The molecule has 0 fully saturated rings. The molecule has 1 aromatic heterocycles. The van der Waals surface area contributed by atoms with E-state index >= 15 is 0 Å². The van der Waals surface area contributed by atoms with Crippen molar-refractivity contribution in [1.82, 2.24) is 10.3 Å². The van der Waals surface area contributed by atoms with Gasteiger partial charge in [-0.2, -0.15) is 0 Å². The van der Waals surface area contributed by atoms with Crippen molar-refractivity contribution in [3.63, 3.8) is 0 Å². The standard InChI is InChI=1S/C13H14N2O/c16-13-6-2-1-5-12(13)10-15-9-11-4-3-7-14-8-11/h1-8,15-16H,9-10H2. The number of nitrogens with zero attached hydrogens (tertiary/aromatic N) is 1. The first-order valence-corrected chi connectivity index (χ1v) is 5.23. The van der Waals surface area contributed by atoms with E-state index in [9.17, 15) is 5.11 Å². The first kappa shape index (κ1) is 10.6. The molecule has 0 amide bonds.